The molecule has 2 unspecified atom stereocenters. The second kappa shape index (κ2) is 3.44. The van der Waals surface area contributed by atoms with Crippen molar-refractivity contribution >= 4 is 23.1 Å². The normalized spacial score (nSPS) is 33.3. The minimum absolute atomic E-state index is 0.125. The van der Waals surface area contributed by atoms with Crippen LogP contribution in [0.25, 0.3) is 0 Å². The van der Waals surface area contributed by atoms with Gasteiger partial charge in [-0.05, 0) is 44.9 Å². The summed E-state index contributed by atoms with van der Waals surface area (Å²) < 4.78 is 0. The summed E-state index contributed by atoms with van der Waals surface area (Å²) >= 11 is 4.92. The first-order valence-corrected chi connectivity index (χ1v) is 5.93. The van der Waals surface area contributed by atoms with Gasteiger partial charge in [0.05, 0.1) is 10.5 Å². The topological polar surface area (TPSA) is 55.1 Å². The van der Waals surface area contributed by atoms with E-state index in [0.717, 1.165) is 24.7 Å². The Morgan fingerprint density at radius 2 is 1.87 bits per heavy atom. The van der Waals surface area contributed by atoms with Crippen LogP contribution in [-0.4, -0.2) is 16.4 Å². The van der Waals surface area contributed by atoms with Gasteiger partial charge in [-0.15, -0.1) is 0 Å². The van der Waals surface area contributed by atoms with E-state index >= 15 is 0 Å². The van der Waals surface area contributed by atoms with Gasteiger partial charge in [0.2, 0.25) is 5.91 Å². The van der Waals surface area contributed by atoms with E-state index < -0.39 is 5.54 Å². The van der Waals surface area contributed by atoms with Crippen molar-refractivity contribution in [2.75, 3.05) is 0 Å². The minimum Gasteiger partial charge on any atom is -0.391 e. The van der Waals surface area contributed by atoms with E-state index in [9.17, 15) is 4.79 Å². The fourth-order valence-electron chi connectivity index (χ4n) is 2.40. The summed E-state index contributed by atoms with van der Waals surface area (Å²) in [4.78, 5) is 12.3. The summed E-state index contributed by atoms with van der Waals surface area (Å²) in [6, 6.07) is 0. The number of rotatable bonds is 3. The maximum atomic E-state index is 11.9. The number of nitrogens with two attached hydrogens (primary N) is 1. The Morgan fingerprint density at radius 1 is 1.33 bits per heavy atom. The Bertz CT molecular complexity index is 304. The van der Waals surface area contributed by atoms with E-state index in [1.54, 1.807) is 0 Å². The number of hydrogen-bond donors (Lipinski definition) is 2. The lowest BCUT2D eigenvalue weighted by atomic mass is 9.99. The number of carbonyl (C=O) groups excluding carboxylic acids is 1. The molecule has 3 N–H and O–H groups in total. The van der Waals surface area contributed by atoms with E-state index in [-0.39, 0.29) is 11.8 Å². The Morgan fingerprint density at radius 3 is 2.33 bits per heavy atom. The zero-order valence-electron chi connectivity index (χ0n) is 9.25. The first-order valence-electron chi connectivity index (χ1n) is 5.52. The summed E-state index contributed by atoms with van der Waals surface area (Å²) in [6.07, 6.45) is 3.45. The number of carbonyl (C=O) groups is 1. The number of fused-ring (bicyclic) bond motifs is 1. The van der Waals surface area contributed by atoms with Crippen LogP contribution in [-0.2, 0) is 4.79 Å². The molecule has 0 aromatic carbocycles. The van der Waals surface area contributed by atoms with Crippen molar-refractivity contribution in [2.24, 2.45) is 23.5 Å². The third-order valence-corrected chi connectivity index (χ3v) is 4.18. The maximum absolute atomic E-state index is 11.9. The molecular weight excluding hydrogens is 208 g/mol. The number of hydrogen-bond acceptors (Lipinski definition) is 2. The van der Waals surface area contributed by atoms with Gasteiger partial charge in [0.15, 0.2) is 0 Å². The largest absolute Gasteiger partial charge is 0.391 e. The summed E-state index contributed by atoms with van der Waals surface area (Å²) in [5.41, 5.74) is 5.01. The molecule has 2 aliphatic carbocycles. The summed E-state index contributed by atoms with van der Waals surface area (Å²) in [5, 5.41) is 2.93. The van der Waals surface area contributed by atoms with Gasteiger partial charge >= 0.3 is 0 Å². The second-order valence-electron chi connectivity index (χ2n) is 5.40. The molecular formula is C11H18N2OS. The molecule has 0 bridgehead atoms. The fraction of sp³-hybridized carbons (Fsp3) is 0.818. The van der Waals surface area contributed by atoms with Crippen LogP contribution in [0, 0.1) is 17.8 Å². The van der Waals surface area contributed by atoms with E-state index in [2.05, 4.69) is 5.32 Å². The Labute approximate surface area is 95.8 Å². The maximum Gasteiger partial charge on any atom is 0.223 e. The van der Waals surface area contributed by atoms with Crippen LogP contribution in [0.15, 0.2) is 0 Å². The molecule has 0 saturated heterocycles. The first-order chi connectivity index (χ1) is 6.90. The molecule has 4 heteroatoms. The highest BCUT2D eigenvalue weighted by Gasteiger charge is 2.48. The highest BCUT2D eigenvalue weighted by Crippen LogP contribution is 2.54. The number of nitrogens with one attached hydrogen (secondary N) is 1. The first kappa shape index (κ1) is 10.9. The predicted molar refractivity (Wildman–Crippen MR) is 63.3 cm³/mol. The van der Waals surface area contributed by atoms with Crippen molar-refractivity contribution in [3.8, 4) is 0 Å². The van der Waals surface area contributed by atoms with Crippen molar-refractivity contribution in [1.82, 2.24) is 5.32 Å². The van der Waals surface area contributed by atoms with Crippen LogP contribution < -0.4 is 11.1 Å². The quantitative estimate of drug-likeness (QED) is 0.711. The molecule has 2 fully saturated rings. The van der Waals surface area contributed by atoms with Crippen LogP contribution in [0.3, 0.4) is 0 Å². The Balaban J connectivity index is 1.89. The number of amides is 1. The molecule has 0 spiro atoms. The Kier molecular flexibility index (Phi) is 2.49. The third kappa shape index (κ3) is 2.14. The summed E-state index contributed by atoms with van der Waals surface area (Å²) in [7, 11) is 0. The molecule has 2 aliphatic rings. The van der Waals surface area contributed by atoms with Gasteiger partial charge in [-0.3, -0.25) is 4.79 Å². The van der Waals surface area contributed by atoms with Crippen molar-refractivity contribution in [2.45, 2.75) is 38.6 Å². The predicted octanol–water partition coefficient (Wildman–Crippen LogP) is 1.21. The monoisotopic (exact) mass is 226 g/mol. The highest BCUT2D eigenvalue weighted by atomic mass is 32.1. The molecule has 15 heavy (non-hydrogen) atoms. The third-order valence-electron chi connectivity index (χ3n) is 3.67. The van der Waals surface area contributed by atoms with Crippen molar-refractivity contribution in [1.29, 1.82) is 0 Å². The van der Waals surface area contributed by atoms with Gasteiger partial charge in [-0.1, -0.05) is 12.2 Å². The van der Waals surface area contributed by atoms with Crippen molar-refractivity contribution in [3.05, 3.63) is 0 Å². The van der Waals surface area contributed by atoms with E-state index in [1.165, 1.54) is 6.42 Å². The van der Waals surface area contributed by atoms with Crippen LogP contribution >= 0.6 is 12.2 Å². The van der Waals surface area contributed by atoms with Crippen molar-refractivity contribution < 1.29 is 4.79 Å². The van der Waals surface area contributed by atoms with E-state index in [0.29, 0.717) is 4.99 Å². The van der Waals surface area contributed by atoms with Gasteiger partial charge in [-0.2, -0.15) is 0 Å². The van der Waals surface area contributed by atoms with Gasteiger partial charge < -0.3 is 11.1 Å². The molecule has 2 atom stereocenters. The molecule has 2 saturated carbocycles. The summed E-state index contributed by atoms with van der Waals surface area (Å²) in [6.45, 7) is 3.70. The average molecular weight is 226 g/mol. The molecule has 3 nitrogen and oxygen atoms in total. The summed E-state index contributed by atoms with van der Waals surface area (Å²) in [5.74, 6) is 1.98. The van der Waals surface area contributed by atoms with E-state index in [4.69, 9.17) is 18.0 Å². The standard InChI is InChI=1S/C11H18N2OS/c1-11(2,10(12)15)13-9(14)8-4-6-3-7(6)5-8/h6-8H,3-5H2,1-2H3,(H2,12,15)(H,13,14). The van der Waals surface area contributed by atoms with Crippen LogP contribution in [0.5, 0.6) is 0 Å². The number of thiocarbonyl (C=S) groups is 1. The molecule has 0 radical (unpaired) electrons. The molecule has 1 amide bonds. The minimum atomic E-state index is -0.556. The van der Waals surface area contributed by atoms with Gasteiger partial charge in [0, 0.05) is 5.92 Å². The van der Waals surface area contributed by atoms with Gasteiger partial charge in [-0.25, -0.2) is 0 Å². The van der Waals surface area contributed by atoms with Gasteiger partial charge in [0.1, 0.15) is 0 Å². The lowest BCUT2D eigenvalue weighted by molar-refractivity contribution is -0.126. The molecule has 0 aromatic heterocycles. The molecule has 2 rings (SSSR count). The molecule has 0 aromatic rings. The van der Waals surface area contributed by atoms with Crippen LogP contribution in [0.1, 0.15) is 33.1 Å². The zero-order chi connectivity index (χ0) is 11.2. The molecule has 0 aliphatic heterocycles. The van der Waals surface area contributed by atoms with Crippen LogP contribution in [0.4, 0.5) is 0 Å². The van der Waals surface area contributed by atoms with Crippen molar-refractivity contribution in [3.63, 3.8) is 0 Å². The SMILES string of the molecule is CC(C)(NC(=O)C1CC2CC2C1)C(N)=S. The Hall–Kier alpha value is -0.640. The lowest BCUT2D eigenvalue weighted by Crippen LogP contribution is -2.53. The van der Waals surface area contributed by atoms with Crippen LogP contribution in [0.2, 0.25) is 0 Å². The lowest BCUT2D eigenvalue weighted by Gasteiger charge is -2.26. The zero-order valence-corrected chi connectivity index (χ0v) is 10.1. The average Bonchev–Trinajstić information content (AvgIpc) is 2.72. The molecule has 0 heterocycles. The van der Waals surface area contributed by atoms with E-state index in [1.807, 2.05) is 13.8 Å². The van der Waals surface area contributed by atoms with Gasteiger partial charge in [0.25, 0.3) is 0 Å². The fourth-order valence-corrected chi connectivity index (χ4v) is 2.45. The molecule has 84 valence electrons. The smallest absolute Gasteiger partial charge is 0.223 e. The second-order valence-corrected chi connectivity index (χ2v) is 5.84. The highest BCUT2D eigenvalue weighted by molar-refractivity contribution is 7.80.